The summed E-state index contributed by atoms with van der Waals surface area (Å²) >= 11 is 12.0. The molecule has 0 bridgehead atoms. The van der Waals surface area contributed by atoms with Crippen molar-refractivity contribution in [1.82, 2.24) is 9.97 Å². The van der Waals surface area contributed by atoms with Crippen molar-refractivity contribution in [3.63, 3.8) is 0 Å². The van der Waals surface area contributed by atoms with Crippen LogP contribution in [0.5, 0.6) is 0 Å². The van der Waals surface area contributed by atoms with E-state index in [1.807, 2.05) is 6.92 Å². The minimum atomic E-state index is 0.356. The van der Waals surface area contributed by atoms with Gasteiger partial charge in [-0.2, -0.15) is 0 Å². The molecule has 1 aromatic carbocycles. The molecule has 2 aromatic rings. The van der Waals surface area contributed by atoms with Gasteiger partial charge in [-0.15, -0.1) is 0 Å². The summed E-state index contributed by atoms with van der Waals surface area (Å²) < 4.78 is 5.34. The quantitative estimate of drug-likeness (QED) is 0.836. The number of nitrogens with one attached hydrogen (secondary N) is 2. The van der Waals surface area contributed by atoms with E-state index in [2.05, 4.69) is 20.6 Å². The van der Waals surface area contributed by atoms with Gasteiger partial charge in [-0.25, -0.2) is 9.97 Å². The first-order valence-corrected chi connectivity index (χ1v) is 7.23. The van der Waals surface area contributed by atoms with E-state index in [-0.39, 0.29) is 0 Å². The van der Waals surface area contributed by atoms with Crippen molar-refractivity contribution in [2.24, 2.45) is 0 Å². The average Bonchev–Trinajstić information content (AvgIpc) is 2.48. The van der Waals surface area contributed by atoms with Crippen LogP contribution in [-0.2, 0) is 11.3 Å². The summed E-state index contributed by atoms with van der Waals surface area (Å²) in [6, 6.07) is 7.03. The molecule has 1 aromatic heterocycles. The van der Waals surface area contributed by atoms with Gasteiger partial charge in [0.15, 0.2) is 5.82 Å². The molecular formula is C14H16Cl2N4O. The normalized spacial score (nSPS) is 10.5. The van der Waals surface area contributed by atoms with Gasteiger partial charge in [0.25, 0.3) is 0 Å². The molecule has 0 aliphatic heterocycles. The van der Waals surface area contributed by atoms with E-state index in [0.29, 0.717) is 40.7 Å². The summed E-state index contributed by atoms with van der Waals surface area (Å²) in [5.41, 5.74) is 0.726. The SMILES string of the molecule is CCOCc1nc(NC)cc(Nc2ccc(Cl)cc2Cl)n1. The van der Waals surface area contributed by atoms with Crippen LogP contribution in [-0.4, -0.2) is 23.6 Å². The summed E-state index contributed by atoms with van der Waals surface area (Å²) in [7, 11) is 1.80. The number of nitrogens with zero attached hydrogens (tertiary/aromatic N) is 2. The molecule has 1 heterocycles. The molecule has 0 aliphatic carbocycles. The molecule has 0 atom stereocenters. The van der Waals surface area contributed by atoms with Gasteiger partial charge in [0.1, 0.15) is 18.2 Å². The molecule has 0 saturated heterocycles. The molecule has 0 unspecified atom stereocenters. The van der Waals surface area contributed by atoms with E-state index in [0.717, 1.165) is 5.69 Å². The van der Waals surface area contributed by atoms with Crippen molar-refractivity contribution in [1.29, 1.82) is 0 Å². The molecule has 2 rings (SSSR count). The molecule has 0 amide bonds. The first-order valence-electron chi connectivity index (χ1n) is 6.48. The number of hydrogen-bond acceptors (Lipinski definition) is 5. The topological polar surface area (TPSA) is 59.1 Å². The molecule has 21 heavy (non-hydrogen) atoms. The number of halogens is 2. The van der Waals surface area contributed by atoms with E-state index >= 15 is 0 Å². The first-order chi connectivity index (χ1) is 10.1. The number of hydrogen-bond donors (Lipinski definition) is 2. The highest BCUT2D eigenvalue weighted by Crippen LogP contribution is 2.28. The molecule has 112 valence electrons. The van der Waals surface area contributed by atoms with Crippen LogP contribution >= 0.6 is 23.2 Å². The van der Waals surface area contributed by atoms with Gasteiger partial charge < -0.3 is 15.4 Å². The number of anilines is 3. The number of ether oxygens (including phenoxy) is 1. The summed E-state index contributed by atoms with van der Waals surface area (Å²) in [5.74, 6) is 1.93. The Balaban J connectivity index is 2.25. The van der Waals surface area contributed by atoms with Gasteiger partial charge >= 0.3 is 0 Å². The fourth-order valence-electron chi connectivity index (χ4n) is 1.68. The zero-order valence-corrected chi connectivity index (χ0v) is 13.3. The third-order valence-electron chi connectivity index (χ3n) is 2.66. The fraction of sp³-hybridized carbons (Fsp3) is 0.286. The average molecular weight is 327 g/mol. The lowest BCUT2D eigenvalue weighted by Crippen LogP contribution is -2.05. The second-order valence-corrected chi connectivity index (χ2v) is 5.03. The second kappa shape index (κ2) is 7.45. The Morgan fingerprint density at radius 1 is 1.14 bits per heavy atom. The maximum absolute atomic E-state index is 6.15. The molecule has 7 heteroatoms. The number of benzene rings is 1. The first kappa shape index (κ1) is 15.8. The minimum absolute atomic E-state index is 0.356. The molecule has 0 aliphatic rings. The van der Waals surface area contributed by atoms with Crippen molar-refractivity contribution >= 4 is 40.5 Å². The van der Waals surface area contributed by atoms with Gasteiger partial charge in [-0.1, -0.05) is 23.2 Å². The van der Waals surface area contributed by atoms with Crippen LogP contribution in [0.1, 0.15) is 12.7 Å². The maximum atomic E-state index is 6.15. The Bertz CT molecular complexity index is 622. The molecule has 5 nitrogen and oxygen atoms in total. The molecule has 2 N–H and O–H groups in total. The molecule has 0 saturated carbocycles. The third-order valence-corrected chi connectivity index (χ3v) is 3.21. The Hall–Kier alpha value is -1.56. The van der Waals surface area contributed by atoms with E-state index in [1.165, 1.54) is 0 Å². The van der Waals surface area contributed by atoms with Gasteiger partial charge in [-0.3, -0.25) is 0 Å². The Morgan fingerprint density at radius 2 is 1.90 bits per heavy atom. The molecule has 0 radical (unpaired) electrons. The predicted octanol–water partition coefficient (Wildman–Crippen LogP) is 4.11. The van der Waals surface area contributed by atoms with Crippen molar-refractivity contribution in [3.05, 3.63) is 40.1 Å². The molecule has 0 spiro atoms. The van der Waals surface area contributed by atoms with Gasteiger partial charge in [0.2, 0.25) is 0 Å². The lowest BCUT2D eigenvalue weighted by molar-refractivity contribution is 0.128. The highest BCUT2D eigenvalue weighted by Gasteiger charge is 2.07. The lowest BCUT2D eigenvalue weighted by Gasteiger charge is -2.11. The van der Waals surface area contributed by atoms with Crippen LogP contribution in [0.2, 0.25) is 10.0 Å². The smallest absolute Gasteiger partial charge is 0.158 e. The van der Waals surface area contributed by atoms with Crippen molar-refractivity contribution in [3.8, 4) is 0 Å². The summed E-state index contributed by atoms with van der Waals surface area (Å²) in [4.78, 5) is 8.73. The zero-order valence-electron chi connectivity index (χ0n) is 11.8. The standard InChI is InChI=1S/C14H16Cl2N4O/c1-3-21-8-14-19-12(17-2)7-13(20-14)18-11-5-4-9(15)6-10(11)16/h4-7H,3,8H2,1-2H3,(H2,17,18,19,20). The van der Waals surface area contributed by atoms with Gasteiger partial charge in [-0.05, 0) is 25.1 Å². The predicted molar refractivity (Wildman–Crippen MR) is 86.7 cm³/mol. The Labute approximate surface area is 133 Å². The van der Waals surface area contributed by atoms with Gasteiger partial charge in [0, 0.05) is 24.7 Å². The van der Waals surface area contributed by atoms with Crippen LogP contribution in [0.25, 0.3) is 0 Å². The van der Waals surface area contributed by atoms with Crippen LogP contribution < -0.4 is 10.6 Å². The van der Waals surface area contributed by atoms with E-state index < -0.39 is 0 Å². The Kier molecular flexibility index (Phi) is 5.61. The molecular weight excluding hydrogens is 311 g/mol. The zero-order chi connectivity index (χ0) is 15.2. The highest BCUT2D eigenvalue weighted by atomic mass is 35.5. The summed E-state index contributed by atoms with van der Waals surface area (Å²) in [5, 5.41) is 7.26. The van der Waals surface area contributed by atoms with Crippen LogP contribution in [0.3, 0.4) is 0 Å². The lowest BCUT2D eigenvalue weighted by atomic mass is 10.3. The molecule has 0 fully saturated rings. The van der Waals surface area contributed by atoms with Gasteiger partial charge in [0.05, 0.1) is 10.7 Å². The maximum Gasteiger partial charge on any atom is 0.158 e. The van der Waals surface area contributed by atoms with E-state index in [9.17, 15) is 0 Å². The Morgan fingerprint density at radius 3 is 2.57 bits per heavy atom. The fourth-order valence-corrected chi connectivity index (χ4v) is 2.13. The van der Waals surface area contributed by atoms with Crippen LogP contribution in [0, 0.1) is 0 Å². The van der Waals surface area contributed by atoms with Crippen molar-refractivity contribution in [2.45, 2.75) is 13.5 Å². The summed E-state index contributed by atoms with van der Waals surface area (Å²) in [6.07, 6.45) is 0. The summed E-state index contributed by atoms with van der Waals surface area (Å²) in [6.45, 7) is 2.89. The second-order valence-electron chi connectivity index (χ2n) is 4.19. The minimum Gasteiger partial charge on any atom is -0.374 e. The van der Waals surface area contributed by atoms with Crippen molar-refractivity contribution < 1.29 is 4.74 Å². The number of rotatable bonds is 6. The monoisotopic (exact) mass is 326 g/mol. The highest BCUT2D eigenvalue weighted by molar-refractivity contribution is 6.36. The third kappa shape index (κ3) is 4.46. The van der Waals surface area contributed by atoms with E-state index in [4.69, 9.17) is 27.9 Å². The van der Waals surface area contributed by atoms with E-state index in [1.54, 1.807) is 31.3 Å². The van der Waals surface area contributed by atoms with Crippen LogP contribution in [0.15, 0.2) is 24.3 Å². The number of aromatic nitrogens is 2. The van der Waals surface area contributed by atoms with Crippen LogP contribution in [0.4, 0.5) is 17.3 Å². The largest absolute Gasteiger partial charge is 0.374 e. The van der Waals surface area contributed by atoms with Crippen molar-refractivity contribution in [2.75, 3.05) is 24.3 Å².